The van der Waals surface area contributed by atoms with Crippen LogP contribution in [0.5, 0.6) is 5.75 Å². The number of nitrogens with one attached hydrogen (secondary N) is 1. The molecule has 2 aromatic carbocycles. The maximum absolute atomic E-state index is 13.5. The molecule has 0 bridgehead atoms. The molecule has 1 aliphatic rings. The van der Waals surface area contributed by atoms with Crippen molar-refractivity contribution in [3.8, 4) is 5.75 Å². The highest BCUT2D eigenvalue weighted by molar-refractivity contribution is 7.92. The smallest absolute Gasteiger partial charge is 0.242 e. The van der Waals surface area contributed by atoms with Crippen molar-refractivity contribution in [3.05, 3.63) is 59.7 Å². The standard InChI is InChI=1S/C28H39N3O5S/c1-21-12-5-6-13-23(21)20-30(22(2)28(33)29-24-14-7-8-15-24)27(32)18-11-19-31(37(4,34)35)25-16-9-10-17-26(25)36-3/h5-6,9-10,12-13,16-17,22,24H,7-8,11,14-15,18-20H2,1-4H3,(H,29,33)/t22-/m0/s1. The van der Waals surface area contributed by atoms with E-state index in [0.717, 1.165) is 43.1 Å². The fourth-order valence-corrected chi connectivity index (χ4v) is 5.73. The van der Waals surface area contributed by atoms with Crippen molar-refractivity contribution in [3.63, 3.8) is 0 Å². The van der Waals surface area contributed by atoms with Gasteiger partial charge in [-0.3, -0.25) is 13.9 Å². The van der Waals surface area contributed by atoms with E-state index >= 15 is 0 Å². The van der Waals surface area contributed by atoms with Crippen LogP contribution >= 0.6 is 0 Å². The highest BCUT2D eigenvalue weighted by Crippen LogP contribution is 2.30. The Bertz CT molecular complexity index is 1180. The van der Waals surface area contributed by atoms with E-state index in [0.29, 0.717) is 24.4 Å². The first-order valence-corrected chi connectivity index (χ1v) is 14.7. The van der Waals surface area contributed by atoms with Crippen LogP contribution in [0.1, 0.15) is 56.6 Å². The Morgan fingerprint density at radius 1 is 1.08 bits per heavy atom. The van der Waals surface area contributed by atoms with Crippen LogP contribution in [0.4, 0.5) is 5.69 Å². The number of nitrogens with zero attached hydrogens (tertiary/aromatic N) is 2. The summed E-state index contributed by atoms with van der Waals surface area (Å²) in [6.07, 6.45) is 5.69. The lowest BCUT2D eigenvalue weighted by molar-refractivity contribution is -0.141. The van der Waals surface area contributed by atoms with Gasteiger partial charge < -0.3 is 15.0 Å². The third-order valence-corrected chi connectivity index (χ3v) is 8.16. The molecular formula is C28H39N3O5S. The van der Waals surface area contributed by atoms with Gasteiger partial charge in [-0.1, -0.05) is 49.2 Å². The molecule has 1 N–H and O–H groups in total. The Morgan fingerprint density at radius 2 is 1.73 bits per heavy atom. The highest BCUT2D eigenvalue weighted by Gasteiger charge is 2.29. The number of para-hydroxylation sites is 2. The molecule has 3 rings (SSSR count). The van der Waals surface area contributed by atoms with E-state index < -0.39 is 16.1 Å². The molecule has 1 atom stereocenters. The van der Waals surface area contributed by atoms with Crippen molar-refractivity contribution in [1.29, 1.82) is 0 Å². The van der Waals surface area contributed by atoms with E-state index in [4.69, 9.17) is 4.74 Å². The maximum Gasteiger partial charge on any atom is 0.242 e. The number of amides is 2. The zero-order chi connectivity index (χ0) is 27.0. The summed E-state index contributed by atoms with van der Waals surface area (Å²) < 4.78 is 31.8. The van der Waals surface area contributed by atoms with Gasteiger partial charge in [0.05, 0.1) is 19.1 Å². The number of hydrogen-bond acceptors (Lipinski definition) is 5. The van der Waals surface area contributed by atoms with Crippen LogP contribution in [0.3, 0.4) is 0 Å². The van der Waals surface area contributed by atoms with Crippen molar-refractivity contribution in [2.24, 2.45) is 0 Å². The van der Waals surface area contributed by atoms with Crippen LogP contribution < -0.4 is 14.4 Å². The summed E-state index contributed by atoms with van der Waals surface area (Å²) >= 11 is 0. The second kappa shape index (κ2) is 12.9. The van der Waals surface area contributed by atoms with Crippen molar-refractivity contribution in [1.82, 2.24) is 10.2 Å². The molecule has 1 fully saturated rings. The molecule has 1 aliphatic carbocycles. The summed E-state index contributed by atoms with van der Waals surface area (Å²) in [5.41, 5.74) is 2.45. The number of carbonyl (C=O) groups is 2. The second-order valence-corrected chi connectivity index (χ2v) is 11.6. The molecule has 0 radical (unpaired) electrons. The Kier molecular flexibility index (Phi) is 9.97. The van der Waals surface area contributed by atoms with Gasteiger partial charge in [0.1, 0.15) is 11.8 Å². The first-order valence-electron chi connectivity index (χ1n) is 12.9. The Hall–Kier alpha value is -3.07. The van der Waals surface area contributed by atoms with Gasteiger partial charge >= 0.3 is 0 Å². The van der Waals surface area contributed by atoms with Gasteiger partial charge in [0.2, 0.25) is 21.8 Å². The van der Waals surface area contributed by atoms with Crippen LogP contribution in [-0.4, -0.2) is 57.1 Å². The average Bonchev–Trinajstić information content (AvgIpc) is 3.38. The first kappa shape index (κ1) is 28.5. The third-order valence-electron chi connectivity index (χ3n) is 6.98. The first-order chi connectivity index (χ1) is 17.6. The molecule has 2 amide bonds. The van der Waals surface area contributed by atoms with E-state index in [1.807, 2.05) is 31.2 Å². The van der Waals surface area contributed by atoms with Crippen LogP contribution in [0.2, 0.25) is 0 Å². The van der Waals surface area contributed by atoms with Gasteiger partial charge in [0.15, 0.2) is 0 Å². The van der Waals surface area contributed by atoms with Crippen LogP contribution in [0, 0.1) is 6.92 Å². The number of benzene rings is 2. The predicted octanol–water partition coefficient (Wildman–Crippen LogP) is 4.03. The molecule has 0 aromatic heterocycles. The normalized spacial score (nSPS) is 14.7. The van der Waals surface area contributed by atoms with Crippen molar-refractivity contribution in [2.45, 2.75) is 71.0 Å². The van der Waals surface area contributed by atoms with Crippen LogP contribution in [0.25, 0.3) is 0 Å². The molecule has 8 nitrogen and oxygen atoms in total. The van der Waals surface area contributed by atoms with E-state index in [2.05, 4.69) is 5.32 Å². The number of ether oxygens (including phenoxy) is 1. The minimum absolute atomic E-state index is 0.105. The second-order valence-electron chi connectivity index (χ2n) is 9.72. The minimum atomic E-state index is -3.60. The van der Waals surface area contributed by atoms with Crippen molar-refractivity contribution >= 4 is 27.5 Å². The van der Waals surface area contributed by atoms with Gasteiger partial charge in [-0.15, -0.1) is 0 Å². The SMILES string of the molecule is COc1ccccc1N(CCCC(=O)N(Cc1ccccc1C)[C@@H](C)C(=O)NC1CCCC1)S(C)(=O)=O. The van der Waals surface area contributed by atoms with Crippen molar-refractivity contribution < 1.29 is 22.7 Å². The third kappa shape index (κ3) is 7.71. The molecule has 9 heteroatoms. The fraction of sp³-hybridized carbons (Fsp3) is 0.500. The zero-order valence-electron chi connectivity index (χ0n) is 22.3. The average molecular weight is 530 g/mol. The summed E-state index contributed by atoms with van der Waals surface area (Å²) in [6.45, 7) is 4.18. The summed E-state index contributed by atoms with van der Waals surface area (Å²) in [4.78, 5) is 28.2. The van der Waals surface area contributed by atoms with E-state index in [1.54, 1.807) is 36.1 Å². The summed E-state index contributed by atoms with van der Waals surface area (Å²) in [6, 6.07) is 14.2. The Morgan fingerprint density at radius 3 is 2.38 bits per heavy atom. The predicted molar refractivity (Wildman–Crippen MR) is 146 cm³/mol. The lowest BCUT2D eigenvalue weighted by Gasteiger charge is -2.31. The molecular weight excluding hydrogens is 490 g/mol. The molecule has 0 heterocycles. The molecule has 0 unspecified atom stereocenters. The molecule has 202 valence electrons. The summed E-state index contributed by atoms with van der Waals surface area (Å²) in [7, 11) is -2.11. The summed E-state index contributed by atoms with van der Waals surface area (Å²) in [5, 5.41) is 3.11. The Balaban J connectivity index is 1.74. The van der Waals surface area contributed by atoms with Crippen molar-refractivity contribution in [2.75, 3.05) is 24.2 Å². The molecule has 1 saturated carbocycles. The number of methoxy groups -OCH3 is 1. The number of hydrogen-bond donors (Lipinski definition) is 1. The van der Waals surface area contributed by atoms with Gasteiger partial charge in [-0.05, 0) is 56.4 Å². The highest BCUT2D eigenvalue weighted by atomic mass is 32.2. The van der Waals surface area contributed by atoms with Gasteiger partial charge in [-0.25, -0.2) is 8.42 Å². The Labute approximate surface area is 221 Å². The quantitative estimate of drug-likeness (QED) is 0.448. The van der Waals surface area contributed by atoms with E-state index in [-0.39, 0.29) is 30.8 Å². The van der Waals surface area contributed by atoms with E-state index in [1.165, 1.54) is 11.4 Å². The number of rotatable bonds is 12. The number of aryl methyl sites for hydroxylation is 1. The molecule has 0 saturated heterocycles. The monoisotopic (exact) mass is 529 g/mol. The molecule has 0 spiro atoms. The molecule has 0 aliphatic heterocycles. The summed E-state index contributed by atoms with van der Waals surface area (Å²) in [5.74, 6) is 0.101. The fourth-order valence-electron chi connectivity index (χ4n) is 4.76. The largest absolute Gasteiger partial charge is 0.495 e. The number of anilines is 1. The molecule has 37 heavy (non-hydrogen) atoms. The topological polar surface area (TPSA) is 96.0 Å². The van der Waals surface area contributed by atoms with Gasteiger partial charge in [-0.2, -0.15) is 0 Å². The number of carbonyl (C=O) groups excluding carboxylic acids is 2. The lowest BCUT2D eigenvalue weighted by atomic mass is 10.1. The van der Waals surface area contributed by atoms with Crippen LogP contribution in [0.15, 0.2) is 48.5 Å². The number of sulfonamides is 1. The van der Waals surface area contributed by atoms with Gasteiger partial charge in [0.25, 0.3) is 0 Å². The maximum atomic E-state index is 13.5. The zero-order valence-corrected chi connectivity index (χ0v) is 23.1. The van der Waals surface area contributed by atoms with Crippen LogP contribution in [-0.2, 0) is 26.2 Å². The molecule has 2 aromatic rings. The van der Waals surface area contributed by atoms with Gasteiger partial charge in [0, 0.05) is 25.6 Å². The minimum Gasteiger partial charge on any atom is -0.495 e. The van der Waals surface area contributed by atoms with E-state index in [9.17, 15) is 18.0 Å². The lowest BCUT2D eigenvalue weighted by Crippen LogP contribution is -2.49.